The zero-order valence-electron chi connectivity index (χ0n) is 15.6. The molecule has 0 radical (unpaired) electrons. The summed E-state index contributed by atoms with van der Waals surface area (Å²) in [5.41, 5.74) is -0.889. The van der Waals surface area contributed by atoms with Gasteiger partial charge >= 0.3 is 11.9 Å². The fourth-order valence-corrected chi connectivity index (χ4v) is 2.99. The third-order valence-corrected chi connectivity index (χ3v) is 4.63. The van der Waals surface area contributed by atoms with Crippen LogP contribution in [0.15, 0.2) is 29.1 Å². The lowest BCUT2D eigenvalue weighted by atomic mass is 10.1. The molecular formula is C19H23F3N4O2. The Labute approximate surface area is 160 Å². The number of rotatable bonds is 8. The summed E-state index contributed by atoms with van der Waals surface area (Å²) >= 11 is 0. The van der Waals surface area contributed by atoms with Crippen molar-refractivity contribution in [1.29, 1.82) is 0 Å². The van der Waals surface area contributed by atoms with E-state index in [0.717, 1.165) is 37.8 Å². The summed E-state index contributed by atoms with van der Waals surface area (Å²) in [6, 6.07) is 4.80. The molecule has 1 aromatic carbocycles. The number of carbonyl (C=O) groups excluding carboxylic acids is 1. The Kier molecular flexibility index (Phi) is 5.90. The Morgan fingerprint density at radius 3 is 2.71 bits per heavy atom. The number of hydrogen-bond acceptors (Lipinski definition) is 3. The molecule has 9 heteroatoms. The van der Waals surface area contributed by atoms with Crippen LogP contribution >= 0.6 is 0 Å². The van der Waals surface area contributed by atoms with E-state index in [0.29, 0.717) is 6.42 Å². The topological polar surface area (TPSA) is 68.9 Å². The van der Waals surface area contributed by atoms with E-state index in [9.17, 15) is 22.8 Å². The summed E-state index contributed by atoms with van der Waals surface area (Å²) in [5.74, 6) is 0.144. The molecule has 1 saturated carbocycles. The van der Waals surface area contributed by atoms with Crippen LogP contribution in [0.1, 0.15) is 50.6 Å². The van der Waals surface area contributed by atoms with Gasteiger partial charge in [0.25, 0.3) is 0 Å². The van der Waals surface area contributed by atoms with Crippen molar-refractivity contribution >= 4 is 5.91 Å². The van der Waals surface area contributed by atoms with Crippen molar-refractivity contribution < 1.29 is 18.0 Å². The van der Waals surface area contributed by atoms with Crippen LogP contribution in [0.5, 0.6) is 0 Å². The molecule has 1 aliphatic rings. The van der Waals surface area contributed by atoms with E-state index in [1.54, 1.807) is 0 Å². The lowest BCUT2D eigenvalue weighted by Gasteiger charge is -2.09. The lowest BCUT2D eigenvalue weighted by Crippen LogP contribution is -2.32. The van der Waals surface area contributed by atoms with Gasteiger partial charge in [-0.3, -0.25) is 9.36 Å². The fourth-order valence-electron chi connectivity index (χ4n) is 2.99. The normalized spacial score (nSPS) is 14.3. The van der Waals surface area contributed by atoms with E-state index in [1.165, 1.54) is 21.4 Å². The second kappa shape index (κ2) is 8.20. The number of aromatic nitrogens is 3. The highest BCUT2D eigenvalue weighted by molar-refractivity contribution is 5.75. The van der Waals surface area contributed by atoms with Gasteiger partial charge in [0.1, 0.15) is 0 Å². The molecule has 3 rings (SSSR count). The molecule has 0 aliphatic heterocycles. The first-order valence-electron chi connectivity index (χ1n) is 9.45. The first kappa shape index (κ1) is 20.2. The number of carbonyl (C=O) groups is 1. The number of halogens is 3. The van der Waals surface area contributed by atoms with E-state index < -0.39 is 11.7 Å². The van der Waals surface area contributed by atoms with Crippen LogP contribution in [0.25, 0.3) is 11.4 Å². The molecule has 6 nitrogen and oxygen atoms in total. The molecule has 0 saturated heterocycles. The van der Waals surface area contributed by atoms with Crippen molar-refractivity contribution in [3.63, 3.8) is 0 Å². The molecular weight excluding hydrogens is 373 g/mol. The highest BCUT2D eigenvalue weighted by Gasteiger charge is 2.33. The summed E-state index contributed by atoms with van der Waals surface area (Å²) in [6.45, 7) is 2.40. The first-order chi connectivity index (χ1) is 13.3. The van der Waals surface area contributed by atoms with Crippen molar-refractivity contribution in [2.45, 2.75) is 57.8 Å². The second-order valence-corrected chi connectivity index (χ2v) is 6.96. The Morgan fingerprint density at radius 2 is 2.07 bits per heavy atom. The molecule has 1 amide bonds. The van der Waals surface area contributed by atoms with Crippen molar-refractivity contribution in [2.24, 2.45) is 0 Å². The summed E-state index contributed by atoms with van der Waals surface area (Å²) in [6.07, 6.45) is -0.735. The molecule has 152 valence electrons. The molecule has 0 atom stereocenters. The quantitative estimate of drug-likeness (QED) is 0.744. The van der Waals surface area contributed by atoms with Gasteiger partial charge in [-0.15, -0.1) is 5.10 Å². The van der Waals surface area contributed by atoms with Gasteiger partial charge in [-0.1, -0.05) is 25.5 Å². The zero-order valence-corrected chi connectivity index (χ0v) is 15.6. The largest absolute Gasteiger partial charge is 0.416 e. The molecule has 1 fully saturated rings. The summed E-state index contributed by atoms with van der Waals surface area (Å²) in [5, 5.41) is 7.01. The second-order valence-electron chi connectivity index (χ2n) is 6.96. The zero-order chi connectivity index (χ0) is 20.3. The predicted molar refractivity (Wildman–Crippen MR) is 97.7 cm³/mol. The molecule has 0 spiro atoms. The van der Waals surface area contributed by atoms with Gasteiger partial charge in [-0.2, -0.15) is 13.2 Å². The lowest BCUT2D eigenvalue weighted by molar-refractivity contribution is -0.137. The van der Waals surface area contributed by atoms with E-state index in [2.05, 4.69) is 10.4 Å². The smallest absolute Gasteiger partial charge is 0.354 e. The van der Waals surface area contributed by atoms with E-state index in [1.807, 2.05) is 6.92 Å². The maximum Gasteiger partial charge on any atom is 0.416 e. The molecule has 1 aromatic heterocycles. The van der Waals surface area contributed by atoms with Crippen LogP contribution in [0.4, 0.5) is 13.2 Å². The van der Waals surface area contributed by atoms with E-state index in [4.69, 9.17) is 0 Å². The third kappa shape index (κ3) is 4.63. The summed E-state index contributed by atoms with van der Waals surface area (Å²) in [7, 11) is 0. The monoisotopic (exact) mass is 396 g/mol. The minimum Gasteiger partial charge on any atom is -0.354 e. The average molecular weight is 396 g/mol. The molecule has 0 bridgehead atoms. The van der Waals surface area contributed by atoms with E-state index in [-0.39, 0.29) is 42.1 Å². The maximum absolute atomic E-state index is 13.0. The van der Waals surface area contributed by atoms with Gasteiger partial charge in [0.2, 0.25) is 5.91 Å². The van der Waals surface area contributed by atoms with Crippen molar-refractivity contribution in [3.8, 4) is 11.4 Å². The molecule has 1 aliphatic carbocycles. The number of benzene rings is 1. The Hall–Kier alpha value is -2.58. The number of amides is 1. The third-order valence-electron chi connectivity index (χ3n) is 4.63. The number of hydrogen-bond donors (Lipinski definition) is 1. The summed E-state index contributed by atoms with van der Waals surface area (Å²) in [4.78, 5) is 24.4. The van der Waals surface area contributed by atoms with Crippen molar-refractivity contribution in [1.82, 2.24) is 19.7 Å². The van der Waals surface area contributed by atoms with Gasteiger partial charge in [0, 0.05) is 24.6 Å². The SMILES string of the molecule is CCCCC(=O)NCCn1nc(-c2cccc(C(F)(F)F)c2)n(C2CC2)c1=O. The molecule has 28 heavy (non-hydrogen) atoms. The van der Waals surface area contributed by atoms with E-state index >= 15 is 0 Å². The van der Waals surface area contributed by atoms with Crippen LogP contribution in [0.2, 0.25) is 0 Å². The van der Waals surface area contributed by atoms with Crippen LogP contribution in [-0.4, -0.2) is 26.8 Å². The minimum atomic E-state index is -4.47. The van der Waals surface area contributed by atoms with Crippen LogP contribution < -0.4 is 11.0 Å². The van der Waals surface area contributed by atoms with Crippen molar-refractivity contribution in [2.75, 3.05) is 6.54 Å². The highest BCUT2D eigenvalue weighted by atomic mass is 19.4. The highest BCUT2D eigenvalue weighted by Crippen LogP contribution is 2.37. The van der Waals surface area contributed by atoms with Gasteiger partial charge in [-0.25, -0.2) is 9.48 Å². The molecule has 2 aromatic rings. The Morgan fingerprint density at radius 1 is 1.32 bits per heavy atom. The Bertz CT molecular complexity index is 897. The number of nitrogens with zero attached hydrogens (tertiary/aromatic N) is 3. The molecule has 1 heterocycles. The molecule has 0 unspecified atom stereocenters. The summed E-state index contributed by atoms with van der Waals surface area (Å²) < 4.78 is 41.8. The number of unbranched alkanes of at least 4 members (excludes halogenated alkanes) is 1. The number of alkyl halides is 3. The van der Waals surface area contributed by atoms with Crippen LogP contribution in [-0.2, 0) is 17.5 Å². The minimum absolute atomic E-state index is 0.0371. The fraction of sp³-hybridized carbons (Fsp3) is 0.526. The van der Waals surface area contributed by atoms with Gasteiger partial charge in [-0.05, 0) is 31.4 Å². The molecule has 1 N–H and O–H groups in total. The maximum atomic E-state index is 13.0. The van der Waals surface area contributed by atoms with Gasteiger partial charge in [0.05, 0.1) is 12.1 Å². The number of nitrogens with one attached hydrogen (secondary N) is 1. The standard InChI is InChI=1S/C19H23F3N4O2/c1-2-3-7-16(27)23-10-11-25-18(28)26(15-8-9-15)17(24-25)13-5-4-6-14(12-13)19(20,21)22/h4-6,12,15H,2-3,7-11H2,1H3,(H,23,27). The van der Waals surface area contributed by atoms with Crippen molar-refractivity contribution in [3.05, 3.63) is 40.3 Å². The first-order valence-corrected chi connectivity index (χ1v) is 9.45. The van der Waals surface area contributed by atoms with Gasteiger partial charge in [0.15, 0.2) is 5.82 Å². The van der Waals surface area contributed by atoms with Crippen LogP contribution in [0.3, 0.4) is 0 Å². The van der Waals surface area contributed by atoms with Gasteiger partial charge < -0.3 is 5.32 Å². The average Bonchev–Trinajstić information content (AvgIpc) is 3.44. The van der Waals surface area contributed by atoms with Crippen LogP contribution in [0, 0.1) is 0 Å². The Balaban J connectivity index is 1.82. The predicted octanol–water partition coefficient (Wildman–Crippen LogP) is 3.37.